The highest BCUT2D eigenvalue weighted by Gasteiger charge is 2.34. The predicted octanol–water partition coefficient (Wildman–Crippen LogP) is 2.75. The first-order valence-electron chi connectivity index (χ1n) is 8.74. The Hall–Kier alpha value is -2.15. The molecule has 2 aliphatic rings. The van der Waals surface area contributed by atoms with Crippen LogP contribution in [0.5, 0.6) is 0 Å². The van der Waals surface area contributed by atoms with Crippen molar-refractivity contribution in [2.24, 2.45) is 11.1 Å². The van der Waals surface area contributed by atoms with Crippen LogP contribution in [0.3, 0.4) is 0 Å². The molecule has 7 heteroatoms. The number of fused-ring (bicyclic) bond motifs is 1. The zero-order valence-corrected chi connectivity index (χ0v) is 15.3. The Labute approximate surface area is 151 Å². The van der Waals surface area contributed by atoms with Crippen LogP contribution < -0.4 is 4.90 Å². The molecule has 4 rings (SSSR count). The topological polar surface area (TPSA) is 58.0 Å². The second-order valence-electron chi connectivity index (χ2n) is 6.85. The number of amides is 1. The molecule has 1 atom stereocenters. The first kappa shape index (κ1) is 16.3. The fourth-order valence-corrected chi connectivity index (χ4v) is 4.11. The van der Waals surface area contributed by atoms with Gasteiger partial charge < -0.3 is 14.6 Å². The average molecular weight is 358 g/mol. The number of anilines is 1. The van der Waals surface area contributed by atoms with E-state index in [0.29, 0.717) is 25.4 Å². The number of aromatic nitrogens is 1. The van der Waals surface area contributed by atoms with Gasteiger partial charge >= 0.3 is 0 Å². The highest BCUT2D eigenvalue weighted by Crippen LogP contribution is 2.30. The van der Waals surface area contributed by atoms with Crippen molar-refractivity contribution in [1.29, 1.82) is 0 Å². The third kappa shape index (κ3) is 3.08. The standard InChI is InChI=1S/C18H22N4O2S/c1-12(2)14-11-15(24-19-14)18(23)22-9-7-21(8-10-22)17-13-5-3-4-6-16(13)25-20-17/h3-6,12,15H,7-11H2,1-2H3. The summed E-state index contributed by atoms with van der Waals surface area (Å²) in [5, 5.41) is 5.27. The first-order chi connectivity index (χ1) is 12.1. The van der Waals surface area contributed by atoms with Crippen LogP contribution in [-0.2, 0) is 9.63 Å². The second kappa shape index (κ2) is 6.63. The minimum absolute atomic E-state index is 0.0576. The largest absolute Gasteiger partial charge is 0.382 e. The number of carbonyl (C=O) groups is 1. The molecule has 1 fully saturated rings. The molecule has 1 amide bonds. The van der Waals surface area contributed by atoms with Crippen LogP contribution in [0.15, 0.2) is 29.4 Å². The van der Waals surface area contributed by atoms with Crippen molar-refractivity contribution in [3.8, 4) is 0 Å². The molecule has 0 spiro atoms. The van der Waals surface area contributed by atoms with Crippen LogP contribution in [-0.4, -0.2) is 53.2 Å². The number of benzene rings is 1. The van der Waals surface area contributed by atoms with Crippen LogP contribution in [0.2, 0.25) is 0 Å². The molecule has 0 radical (unpaired) electrons. The Balaban J connectivity index is 1.38. The Morgan fingerprint density at radius 3 is 2.72 bits per heavy atom. The van der Waals surface area contributed by atoms with Gasteiger partial charge in [-0.2, -0.15) is 4.37 Å². The van der Waals surface area contributed by atoms with Crippen molar-refractivity contribution in [2.75, 3.05) is 31.1 Å². The van der Waals surface area contributed by atoms with E-state index in [4.69, 9.17) is 4.84 Å². The summed E-state index contributed by atoms with van der Waals surface area (Å²) in [6.07, 6.45) is 0.178. The van der Waals surface area contributed by atoms with Crippen LogP contribution >= 0.6 is 11.5 Å². The third-order valence-corrected chi connectivity index (χ3v) is 5.70. The molecular formula is C18H22N4O2S. The monoisotopic (exact) mass is 358 g/mol. The van der Waals surface area contributed by atoms with E-state index in [0.717, 1.165) is 24.6 Å². The van der Waals surface area contributed by atoms with E-state index in [2.05, 4.69) is 40.4 Å². The van der Waals surface area contributed by atoms with Crippen molar-refractivity contribution in [1.82, 2.24) is 9.27 Å². The smallest absolute Gasteiger partial charge is 0.267 e. The number of oxime groups is 1. The number of nitrogens with zero attached hydrogens (tertiary/aromatic N) is 4. The lowest BCUT2D eigenvalue weighted by Crippen LogP contribution is -2.51. The molecule has 132 valence electrons. The molecule has 6 nitrogen and oxygen atoms in total. The van der Waals surface area contributed by atoms with Gasteiger partial charge in [0.05, 0.1) is 10.4 Å². The fourth-order valence-electron chi connectivity index (χ4n) is 3.31. The lowest BCUT2D eigenvalue weighted by molar-refractivity contribution is -0.142. The van der Waals surface area contributed by atoms with Gasteiger partial charge in [-0.1, -0.05) is 31.1 Å². The van der Waals surface area contributed by atoms with Gasteiger partial charge in [0.15, 0.2) is 0 Å². The summed E-state index contributed by atoms with van der Waals surface area (Å²) in [6.45, 7) is 7.13. The van der Waals surface area contributed by atoms with Crippen molar-refractivity contribution in [3.63, 3.8) is 0 Å². The normalized spacial score (nSPS) is 20.9. The molecule has 25 heavy (non-hydrogen) atoms. The molecule has 3 heterocycles. The number of carbonyl (C=O) groups excluding carboxylic acids is 1. The van der Waals surface area contributed by atoms with E-state index in [-0.39, 0.29) is 5.91 Å². The Morgan fingerprint density at radius 2 is 2.00 bits per heavy atom. The summed E-state index contributed by atoms with van der Waals surface area (Å²) >= 11 is 1.53. The maximum absolute atomic E-state index is 12.7. The zero-order valence-electron chi connectivity index (χ0n) is 14.5. The van der Waals surface area contributed by atoms with Crippen molar-refractivity contribution < 1.29 is 9.63 Å². The summed E-state index contributed by atoms with van der Waals surface area (Å²) < 4.78 is 5.82. The molecule has 1 aromatic heterocycles. The van der Waals surface area contributed by atoms with Crippen LogP contribution in [0.25, 0.3) is 10.1 Å². The van der Waals surface area contributed by atoms with Gasteiger partial charge in [-0.15, -0.1) is 0 Å². The van der Waals surface area contributed by atoms with Crippen LogP contribution in [0.1, 0.15) is 20.3 Å². The quantitative estimate of drug-likeness (QED) is 0.847. The molecule has 0 saturated carbocycles. The predicted molar refractivity (Wildman–Crippen MR) is 100 cm³/mol. The summed E-state index contributed by atoms with van der Waals surface area (Å²) in [5.74, 6) is 1.42. The Morgan fingerprint density at radius 1 is 1.24 bits per heavy atom. The molecule has 1 aromatic carbocycles. The summed E-state index contributed by atoms with van der Waals surface area (Å²) in [5.41, 5.74) is 0.978. The van der Waals surface area contributed by atoms with Gasteiger partial charge in [-0.25, -0.2) is 0 Å². The van der Waals surface area contributed by atoms with Gasteiger partial charge in [0.1, 0.15) is 5.82 Å². The van der Waals surface area contributed by atoms with Gasteiger partial charge in [-0.3, -0.25) is 4.79 Å². The summed E-state index contributed by atoms with van der Waals surface area (Å²) in [4.78, 5) is 22.2. The van der Waals surface area contributed by atoms with Gasteiger partial charge in [0, 0.05) is 38.0 Å². The van der Waals surface area contributed by atoms with Gasteiger partial charge in [0.25, 0.3) is 5.91 Å². The second-order valence-corrected chi connectivity index (χ2v) is 7.66. The molecule has 2 aromatic rings. The number of rotatable bonds is 3. The summed E-state index contributed by atoms with van der Waals surface area (Å²) in [7, 11) is 0. The molecule has 2 aliphatic heterocycles. The van der Waals surface area contributed by atoms with E-state index in [1.807, 2.05) is 17.0 Å². The lowest BCUT2D eigenvalue weighted by atomic mass is 10.0. The average Bonchev–Trinajstić information content (AvgIpc) is 3.29. The zero-order chi connectivity index (χ0) is 17.4. The SMILES string of the molecule is CC(C)C1=NOC(C(=O)N2CCN(c3nsc4ccccc34)CC2)C1. The van der Waals surface area contributed by atoms with E-state index in [1.54, 1.807) is 0 Å². The lowest BCUT2D eigenvalue weighted by Gasteiger charge is -2.35. The van der Waals surface area contributed by atoms with E-state index in [9.17, 15) is 4.79 Å². The van der Waals surface area contributed by atoms with Gasteiger partial charge in [0.2, 0.25) is 6.10 Å². The fraction of sp³-hybridized carbons (Fsp3) is 0.500. The molecule has 0 bridgehead atoms. The molecule has 1 saturated heterocycles. The Kier molecular flexibility index (Phi) is 4.33. The minimum Gasteiger partial charge on any atom is -0.382 e. The maximum atomic E-state index is 12.7. The van der Waals surface area contributed by atoms with Crippen molar-refractivity contribution in [3.05, 3.63) is 24.3 Å². The highest BCUT2D eigenvalue weighted by atomic mass is 32.1. The first-order valence-corrected chi connectivity index (χ1v) is 9.51. The van der Waals surface area contributed by atoms with Crippen LogP contribution in [0, 0.1) is 5.92 Å². The highest BCUT2D eigenvalue weighted by molar-refractivity contribution is 7.13. The number of piperazine rings is 1. The minimum atomic E-state index is -0.441. The van der Waals surface area contributed by atoms with E-state index < -0.39 is 6.10 Å². The van der Waals surface area contributed by atoms with Crippen molar-refractivity contribution >= 4 is 39.1 Å². The van der Waals surface area contributed by atoms with E-state index in [1.165, 1.54) is 21.6 Å². The molecular weight excluding hydrogens is 336 g/mol. The molecule has 0 N–H and O–H groups in total. The van der Waals surface area contributed by atoms with E-state index >= 15 is 0 Å². The summed E-state index contributed by atoms with van der Waals surface area (Å²) in [6, 6.07) is 8.29. The maximum Gasteiger partial charge on any atom is 0.267 e. The number of hydrogen-bond acceptors (Lipinski definition) is 6. The third-order valence-electron chi connectivity index (χ3n) is 4.88. The van der Waals surface area contributed by atoms with Gasteiger partial charge in [-0.05, 0) is 29.6 Å². The Bertz CT molecular complexity index is 808. The number of hydrogen-bond donors (Lipinski definition) is 0. The van der Waals surface area contributed by atoms with Crippen LogP contribution in [0.4, 0.5) is 5.82 Å². The molecule has 0 aliphatic carbocycles. The molecule has 1 unspecified atom stereocenters. The van der Waals surface area contributed by atoms with Crippen molar-refractivity contribution in [2.45, 2.75) is 26.4 Å².